The number of methoxy groups -OCH3 is 2. The topological polar surface area (TPSA) is 54.0 Å². The molecule has 0 aliphatic rings. The number of rotatable bonds is 7. The first-order valence-corrected chi connectivity index (χ1v) is 8.01. The van der Waals surface area contributed by atoms with Crippen LogP contribution >= 0.6 is 12.2 Å². The Kier molecular flexibility index (Phi) is 6.84. The summed E-state index contributed by atoms with van der Waals surface area (Å²) in [6, 6.07) is 14.9. The number of thiocarbonyl (C=S) groups is 1. The first-order chi connectivity index (χ1) is 11.7. The summed E-state index contributed by atoms with van der Waals surface area (Å²) in [6.45, 7) is 1.63. The molecule has 6 heteroatoms. The highest BCUT2D eigenvalue weighted by Gasteiger charge is 2.14. The number of nitrogens with zero attached hydrogens (tertiary/aromatic N) is 1. The molecule has 2 N–H and O–H groups in total. The van der Waals surface area contributed by atoms with Crippen LogP contribution in [0.1, 0.15) is 5.56 Å². The van der Waals surface area contributed by atoms with Crippen LogP contribution in [-0.4, -0.2) is 37.6 Å². The zero-order chi connectivity index (χ0) is 17.4. The Bertz CT molecular complexity index is 662. The summed E-state index contributed by atoms with van der Waals surface area (Å²) in [4.78, 5) is 1.93. The molecular formula is C18H22N2O3S. The Balaban J connectivity index is 2.22. The van der Waals surface area contributed by atoms with E-state index < -0.39 is 0 Å². The van der Waals surface area contributed by atoms with Crippen molar-refractivity contribution in [3.05, 3.63) is 54.1 Å². The zero-order valence-corrected chi connectivity index (χ0v) is 14.7. The summed E-state index contributed by atoms with van der Waals surface area (Å²) in [5.41, 5.74) is 1.71. The number of anilines is 1. The van der Waals surface area contributed by atoms with Crippen molar-refractivity contribution >= 4 is 23.0 Å². The molecule has 24 heavy (non-hydrogen) atoms. The molecule has 2 aromatic carbocycles. The molecule has 0 aromatic heterocycles. The van der Waals surface area contributed by atoms with E-state index >= 15 is 0 Å². The maximum atomic E-state index is 10.1. The van der Waals surface area contributed by atoms with Crippen molar-refractivity contribution in [2.75, 3.05) is 32.3 Å². The second kappa shape index (κ2) is 9.10. The molecule has 0 aliphatic carbocycles. The van der Waals surface area contributed by atoms with E-state index in [0.29, 0.717) is 24.8 Å². The number of hydrogen-bond acceptors (Lipinski definition) is 4. The molecule has 0 unspecified atom stereocenters. The predicted molar refractivity (Wildman–Crippen MR) is 99.8 cm³/mol. The summed E-state index contributed by atoms with van der Waals surface area (Å²) in [5, 5.41) is 13.8. The van der Waals surface area contributed by atoms with Crippen LogP contribution in [0, 0.1) is 0 Å². The van der Waals surface area contributed by atoms with Gasteiger partial charge in [0.25, 0.3) is 0 Å². The molecule has 2 aromatic rings. The van der Waals surface area contributed by atoms with Gasteiger partial charge in [-0.2, -0.15) is 0 Å². The monoisotopic (exact) mass is 346 g/mol. The molecule has 0 bridgehead atoms. The van der Waals surface area contributed by atoms with Crippen LogP contribution in [0.3, 0.4) is 0 Å². The van der Waals surface area contributed by atoms with E-state index in [-0.39, 0.29) is 5.75 Å². The van der Waals surface area contributed by atoms with Gasteiger partial charge in [0.1, 0.15) is 11.5 Å². The fourth-order valence-corrected chi connectivity index (χ4v) is 2.48. The number of phenols is 1. The van der Waals surface area contributed by atoms with Crippen LogP contribution in [-0.2, 0) is 11.3 Å². The van der Waals surface area contributed by atoms with Gasteiger partial charge in [0.15, 0.2) is 5.11 Å². The van der Waals surface area contributed by atoms with Crippen LogP contribution in [0.5, 0.6) is 11.5 Å². The van der Waals surface area contributed by atoms with E-state index in [4.69, 9.17) is 21.7 Å². The normalized spacial score (nSPS) is 10.2. The third kappa shape index (κ3) is 4.84. The smallest absolute Gasteiger partial charge is 0.173 e. The lowest BCUT2D eigenvalue weighted by Crippen LogP contribution is -2.40. The molecule has 2 rings (SSSR count). The number of phenolic OH excluding ortho intramolecular Hbond substituents is 1. The molecule has 0 fully saturated rings. The van der Waals surface area contributed by atoms with Gasteiger partial charge in [0.05, 0.1) is 20.3 Å². The number of para-hydroxylation sites is 1. The molecule has 0 amide bonds. The minimum atomic E-state index is 0.246. The second-order valence-electron chi connectivity index (χ2n) is 5.14. The summed E-state index contributed by atoms with van der Waals surface area (Å²) in [7, 11) is 3.28. The molecule has 0 saturated heterocycles. The summed E-state index contributed by atoms with van der Waals surface area (Å²) in [5.74, 6) is 1.02. The fourth-order valence-electron chi connectivity index (χ4n) is 2.21. The van der Waals surface area contributed by atoms with Gasteiger partial charge in [0, 0.05) is 24.9 Å². The van der Waals surface area contributed by atoms with Crippen LogP contribution in [0.15, 0.2) is 48.5 Å². The highest BCUT2D eigenvalue weighted by molar-refractivity contribution is 7.80. The number of benzene rings is 2. The lowest BCUT2D eigenvalue weighted by molar-refractivity contribution is 0.204. The molecule has 0 spiro atoms. The van der Waals surface area contributed by atoms with Gasteiger partial charge < -0.3 is 24.8 Å². The molecule has 128 valence electrons. The average Bonchev–Trinajstić information content (AvgIpc) is 2.61. The van der Waals surface area contributed by atoms with E-state index in [9.17, 15) is 5.11 Å². The average molecular weight is 346 g/mol. The second-order valence-corrected chi connectivity index (χ2v) is 5.52. The van der Waals surface area contributed by atoms with Crippen LogP contribution in [0.2, 0.25) is 0 Å². The van der Waals surface area contributed by atoms with E-state index in [2.05, 4.69) is 5.32 Å². The first-order valence-electron chi connectivity index (χ1n) is 7.61. The Morgan fingerprint density at radius 1 is 1.12 bits per heavy atom. The van der Waals surface area contributed by atoms with Crippen molar-refractivity contribution in [2.45, 2.75) is 6.54 Å². The van der Waals surface area contributed by atoms with E-state index in [1.807, 2.05) is 41.3 Å². The van der Waals surface area contributed by atoms with Gasteiger partial charge in [-0.25, -0.2) is 0 Å². The summed E-state index contributed by atoms with van der Waals surface area (Å²) < 4.78 is 10.3. The van der Waals surface area contributed by atoms with Gasteiger partial charge in [-0.3, -0.25) is 0 Å². The molecule has 0 radical (unpaired) electrons. The Morgan fingerprint density at radius 2 is 1.83 bits per heavy atom. The Labute approximate surface area is 147 Å². The largest absolute Gasteiger partial charge is 0.508 e. The SMILES string of the molecule is COCCNC(=S)N(Cc1ccccc1O)c1ccc(OC)cc1. The summed E-state index contributed by atoms with van der Waals surface area (Å²) in [6.07, 6.45) is 0. The van der Waals surface area contributed by atoms with E-state index in [1.54, 1.807) is 26.4 Å². The number of ether oxygens (including phenoxy) is 2. The first kappa shape index (κ1) is 18.0. The fraction of sp³-hybridized carbons (Fsp3) is 0.278. The van der Waals surface area contributed by atoms with E-state index in [1.165, 1.54) is 0 Å². The van der Waals surface area contributed by atoms with Crippen molar-refractivity contribution < 1.29 is 14.6 Å². The lowest BCUT2D eigenvalue weighted by atomic mass is 10.1. The van der Waals surface area contributed by atoms with Gasteiger partial charge in [-0.05, 0) is 42.5 Å². The Hall–Kier alpha value is -2.31. The van der Waals surface area contributed by atoms with Crippen molar-refractivity contribution in [1.29, 1.82) is 0 Å². The molecule has 0 atom stereocenters. The third-order valence-electron chi connectivity index (χ3n) is 3.53. The highest BCUT2D eigenvalue weighted by Crippen LogP contribution is 2.24. The molecular weight excluding hydrogens is 324 g/mol. The maximum absolute atomic E-state index is 10.1. The summed E-state index contributed by atoms with van der Waals surface area (Å²) >= 11 is 5.52. The van der Waals surface area contributed by atoms with Crippen molar-refractivity contribution in [3.63, 3.8) is 0 Å². The lowest BCUT2D eigenvalue weighted by Gasteiger charge is -2.26. The predicted octanol–water partition coefficient (Wildman–Crippen LogP) is 2.93. The highest BCUT2D eigenvalue weighted by atomic mass is 32.1. The van der Waals surface area contributed by atoms with Crippen LogP contribution in [0.4, 0.5) is 5.69 Å². The van der Waals surface area contributed by atoms with Crippen LogP contribution in [0.25, 0.3) is 0 Å². The number of hydrogen-bond donors (Lipinski definition) is 2. The number of aromatic hydroxyl groups is 1. The van der Waals surface area contributed by atoms with E-state index in [0.717, 1.165) is 17.0 Å². The van der Waals surface area contributed by atoms with Crippen LogP contribution < -0.4 is 15.0 Å². The molecule has 0 aliphatic heterocycles. The number of nitrogens with one attached hydrogen (secondary N) is 1. The molecule has 5 nitrogen and oxygen atoms in total. The van der Waals surface area contributed by atoms with Crippen molar-refractivity contribution in [1.82, 2.24) is 5.32 Å². The minimum Gasteiger partial charge on any atom is -0.508 e. The van der Waals surface area contributed by atoms with Gasteiger partial charge >= 0.3 is 0 Å². The Morgan fingerprint density at radius 3 is 2.46 bits per heavy atom. The molecule has 0 saturated carbocycles. The minimum absolute atomic E-state index is 0.246. The quantitative estimate of drug-likeness (QED) is 0.594. The third-order valence-corrected chi connectivity index (χ3v) is 3.90. The molecule has 0 heterocycles. The van der Waals surface area contributed by atoms with Gasteiger partial charge in [-0.1, -0.05) is 18.2 Å². The van der Waals surface area contributed by atoms with Gasteiger partial charge in [0.2, 0.25) is 0 Å². The standard InChI is InChI=1S/C18H22N2O3S/c1-22-12-11-19-18(24)20(13-14-5-3-4-6-17(14)21)15-7-9-16(23-2)10-8-15/h3-10,21H,11-13H2,1-2H3,(H,19,24). The van der Waals surface area contributed by atoms with Crippen molar-refractivity contribution in [3.8, 4) is 11.5 Å². The zero-order valence-electron chi connectivity index (χ0n) is 13.9. The van der Waals surface area contributed by atoms with Gasteiger partial charge in [-0.15, -0.1) is 0 Å². The van der Waals surface area contributed by atoms with Crippen molar-refractivity contribution in [2.24, 2.45) is 0 Å². The maximum Gasteiger partial charge on any atom is 0.173 e.